The van der Waals surface area contributed by atoms with E-state index in [4.69, 9.17) is 5.48 Å². The van der Waals surface area contributed by atoms with Crippen LogP contribution in [0.1, 0.15) is 5.48 Å². The van der Waals surface area contributed by atoms with Crippen molar-refractivity contribution >= 4 is 26.0 Å². The maximum atomic E-state index is 10.1. The quantitative estimate of drug-likeness (QED) is 0.279. The molecule has 0 aliphatic rings. The van der Waals surface area contributed by atoms with Crippen molar-refractivity contribution in [1.29, 1.82) is 0 Å². The van der Waals surface area contributed by atoms with Crippen LogP contribution < -0.4 is 29.6 Å². The first-order chi connectivity index (χ1) is 4.50. The van der Waals surface area contributed by atoms with Gasteiger partial charge in [0.1, 0.15) is 0 Å². The normalized spacial score (nSPS) is 21.2. The molecule has 0 spiro atoms. The van der Waals surface area contributed by atoms with Gasteiger partial charge >= 0.3 is 29.6 Å². The minimum absolute atomic E-state index is 0. The van der Waals surface area contributed by atoms with Gasteiger partial charge in [0, 0.05) is 16.5 Å². The second kappa shape index (κ2) is 5.20. The second-order valence-corrected chi connectivity index (χ2v) is 2.16. The van der Waals surface area contributed by atoms with Crippen LogP contribution in [-0.4, -0.2) is 24.0 Å². The SMILES string of the molecule is [2H]C([2H])(Br)C([2H])([2H])S(=O)(=O)[O-].[Na+]. The molecule has 0 atom stereocenters. The Morgan fingerprint density at radius 3 is 2.12 bits per heavy atom. The molecule has 0 rings (SSSR count). The molecule has 0 aliphatic heterocycles. The van der Waals surface area contributed by atoms with Crippen molar-refractivity contribution in [3.63, 3.8) is 0 Å². The van der Waals surface area contributed by atoms with Crippen LogP contribution in [0.3, 0.4) is 0 Å². The third-order valence-corrected chi connectivity index (χ3v) is 0.976. The Labute approximate surface area is 84.6 Å². The van der Waals surface area contributed by atoms with E-state index in [9.17, 15) is 13.0 Å². The van der Waals surface area contributed by atoms with E-state index in [1.54, 1.807) is 0 Å². The molecule has 0 radical (unpaired) electrons. The molecule has 0 bridgehead atoms. The first kappa shape index (κ1) is 5.09. The molecule has 0 aromatic heterocycles. The van der Waals surface area contributed by atoms with Gasteiger partial charge in [-0.05, 0) is 0 Å². The predicted molar refractivity (Wildman–Crippen MR) is 28.4 cm³/mol. The summed E-state index contributed by atoms with van der Waals surface area (Å²) in [6, 6.07) is 0. The summed E-state index contributed by atoms with van der Waals surface area (Å²) in [5, 5.41) is -2.87. The van der Waals surface area contributed by atoms with E-state index in [1.165, 1.54) is 0 Å². The Bertz CT molecular complexity index is 246. The fraction of sp³-hybridized carbons (Fsp3) is 1.00. The maximum absolute atomic E-state index is 10.1. The molecule has 8 heavy (non-hydrogen) atoms. The summed E-state index contributed by atoms with van der Waals surface area (Å²) in [5.41, 5.74) is -3.46. The van der Waals surface area contributed by atoms with Gasteiger partial charge in [0.05, 0.1) is 10.1 Å². The van der Waals surface area contributed by atoms with Crippen molar-refractivity contribution in [3.05, 3.63) is 0 Å². The summed E-state index contributed by atoms with van der Waals surface area (Å²) in [7, 11) is -5.30. The first-order valence-electron chi connectivity index (χ1n) is 3.14. The van der Waals surface area contributed by atoms with Crippen molar-refractivity contribution < 1.29 is 48.0 Å². The molecule has 0 saturated carbocycles. The number of alkyl halides is 1. The topological polar surface area (TPSA) is 57.2 Å². The molecule has 6 heteroatoms. The third kappa shape index (κ3) is 10.4. The van der Waals surface area contributed by atoms with E-state index in [0.29, 0.717) is 0 Å². The van der Waals surface area contributed by atoms with E-state index in [1.807, 2.05) is 0 Å². The molecule has 0 fully saturated rings. The minimum atomic E-state index is -5.30. The fourth-order valence-corrected chi connectivity index (χ4v) is 0.736. The predicted octanol–water partition coefficient (Wildman–Crippen LogP) is -3.07. The van der Waals surface area contributed by atoms with Gasteiger partial charge in [0.2, 0.25) is 0 Å². The summed E-state index contributed by atoms with van der Waals surface area (Å²) in [4.78, 5) is 0. The molecule has 0 heterocycles. The Kier molecular flexibility index (Phi) is 3.31. The molecule has 44 valence electrons. The molecular weight excluding hydrogens is 207 g/mol. The standard InChI is InChI=1S/C2H5BrO3S.Na/c3-1-2-7(4,5)6;/h1-2H2,(H,4,5,6);/q;+1/p-1/i1D2,2D2;. The summed E-state index contributed by atoms with van der Waals surface area (Å²) in [5.74, 6) is 0. The number of hydrogen-bond acceptors (Lipinski definition) is 3. The van der Waals surface area contributed by atoms with Gasteiger partial charge in [-0.25, -0.2) is 8.42 Å². The van der Waals surface area contributed by atoms with Gasteiger partial charge in [0.15, 0.2) is 0 Å². The van der Waals surface area contributed by atoms with Gasteiger partial charge < -0.3 is 4.55 Å². The van der Waals surface area contributed by atoms with Crippen molar-refractivity contribution in [2.45, 2.75) is 0 Å². The van der Waals surface area contributed by atoms with Crippen molar-refractivity contribution in [2.75, 3.05) is 11.0 Å². The van der Waals surface area contributed by atoms with E-state index in [2.05, 4.69) is 15.9 Å². The summed E-state index contributed by atoms with van der Waals surface area (Å²) in [6.07, 6.45) is 0. The van der Waals surface area contributed by atoms with E-state index in [-0.39, 0.29) is 29.6 Å². The van der Waals surface area contributed by atoms with Crippen molar-refractivity contribution in [2.24, 2.45) is 0 Å². The molecule has 0 saturated heterocycles. The zero-order chi connectivity index (χ0) is 9.50. The minimum Gasteiger partial charge on any atom is -0.748 e. The van der Waals surface area contributed by atoms with Crippen molar-refractivity contribution in [3.8, 4) is 0 Å². The molecule has 0 amide bonds. The Morgan fingerprint density at radius 1 is 1.75 bits per heavy atom. The van der Waals surface area contributed by atoms with Crippen LogP contribution in [0.5, 0.6) is 0 Å². The summed E-state index contributed by atoms with van der Waals surface area (Å²) in [6.45, 7) is 0. The molecular formula is C2H4BrNaO3S. The molecule has 0 aliphatic carbocycles. The summed E-state index contributed by atoms with van der Waals surface area (Å²) >= 11 is 2.11. The van der Waals surface area contributed by atoms with E-state index < -0.39 is 21.1 Å². The number of hydrogen-bond donors (Lipinski definition) is 0. The molecule has 3 nitrogen and oxygen atoms in total. The average Bonchev–Trinajstić information content (AvgIpc) is 1.58. The second-order valence-electron chi connectivity index (χ2n) is 0.651. The van der Waals surface area contributed by atoms with E-state index in [0.717, 1.165) is 0 Å². The Balaban J connectivity index is 0. The molecule has 0 unspecified atom stereocenters. The monoisotopic (exact) mass is 214 g/mol. The number of rotatable bonds is 2. The first-order valence-corrected chi connectivity index (χ1v) is 3.34. The third-order valence-electron chi connectivity index (χ3n) is 0.164. The van der Waals surface area contributed by atoms with Gasteiger partial charge in [-0.1, -0.05) is 15.9 Å². The molecule has 0 N–H and O–H groups in total. The van der Waals surface area contributed by atoms with Gasteiger partial charge in [-0.2, -0.15) is 0 Å². The number of halogens is 1. The van der Waals surface area contributed by atoms with Crippen LogP contribution in [0.25, 0.3) is 0 Å². The fourth-order valence-electron chi connectivity index (χ4n) is 0.0472. The van der Waals surface area contributed by atoms with Crippen LogP contribution in [0, 0.1) is 0 Å². The van der Waals surface area contributed by atoms with Gasteiger partial charge in [-0.3, -0.25) is 0 Å². The van der Waals surface area contributed by atoms with E-state index >= 15 is 0 Å². The zero-order valence-corrected chi connectivity index (χ0v) is 8.41. The van der Waals surface area contributed by atoms with Crippen LogP contribution in [0.4, 0.5) is 0 Å². The van der Waals surface area contributed by atoms with Crippen LogP contribution >= 0.6 is 15.9 Å². The molecule has 0 aromatic rings. The summed E-state index contributed by atoms with van der Waals surface area (Å²) < 4.78 is 56.7. The van der Waals surface area contributed by atoms with Crippen molar-refractivity contribution in [1.82, 2.24) is 0 Å². The van der Waals surface area contributed by atoms with Crippen LogP contribution in [0.15, 0.2) is 0 Å². The largest absolute Gasteiger partial charge is 1.00 e. The smallest absolute Gasteiger partial charge is 0.748 e. The maximum Gasteiger partial charge on any atom is 1.00 e. The van der Waals surface area contributed by atoms with Gasteiger partial charge in [0.25, 0.3) is 0 Å². The van der Waals surface area contributed by atoms with Crippen LogP contribution in [0.2, 0.25) is 0 Å². The zero-order valence-electron chi connectivity index (χ0n) is 8.01. The Morgan fingerprint density at radius 2 is 2.12 bits per heavy atom. The average molecular weight is 215 g/mol. The van der Waals surface area contributed by atoms with Crippen LogP contribution in [-0.2, 0) is 10.1 Å². The molecule has 0 aromatic carbocycles. The van der Waals surface area contributed by atoms with Gasteiger partial charge in [-0.15, -0.1) is 0 Å². The Hall–Kier alpha value is 1.39.